The first-order valence-electron chi connectivity index (χ1n) is 7.03. The zero-order chi connectivity index (χ0) is 17.9. The first-order chi connectivity index (χ1) is 11.4. The molecule has 0 aliphatic heterocycles. The molecule has 0 atom stereocenters. The van der Waals surface area contributed by atoms with Gasteiger partial charge >= 0.3 is 13.2 Å². The summed E-state index contributed by atoms with van der Waals surface area (Å²) in [6.07, 6.45) is 3.11. The van der Waals surface area contributed by atoms with E-state index in [0.29, 0.717) is 6.54 Å². The van der Waals surface area contributed by atoms with Gasteiger partial charge in [-0.1, -0.05) is 13.3 Å². The van der Waals surface area contributed by atoms with Gasteiger partial charge in [0, 0.05) is 18.2 Å². The van der Waals surface area contributed by atoms with Crippen molar-refractivity contribution in [3.8, 4) is 11.5 Å². The van der Waals surface area contributed by atoms with Crippen LogP contribution in [-0.4, -0.2) is 31.1 Å². The molecule has 0 heterocycles. The molecule has 0 aliphatic carbocycles. The molecule has 0 unspecified atom stereocenters. The molecule has 0 amide bonds. The standard InChI is InChI=1S/C14H17F4N3O2S/c1-2-3-6-19-14(24)21-20-8-9-4-5-10(22-12(15)16)7-11(9)23-13(17)18/h4-5,7-8,12-13H,2-3,6H2,1H3,(H2,19,21,24)/b20-8-. The molecule has 0 saturated heterocycles. The smallest absolute Gasteiger partial charge is 0.387 e. The summed E-state index contributed by atoms with van der Waals surface area (Å²) in [5, 5.41) is 6.96. The van der Waals surface area contributed by atoms with Gasteiger partial charge in [-0.3, -0.25) is 5.43 Å². The third kappa shape index (κ3) is 7.95. The number of benzene rings is 1. The molecule has 1 aromatic rings. The second kappa shape index (κ2) is 10.6. The van der Waals surface area contributed by atoms with Gasteiger partial charge in [0.05, 0.1) is 6.21 Å². The van der Waals surface area contributed by atoms with Crippen LogP contribution in [0.4, 0.5) is 17.6 Å². The minimum Gasteiger partial charge on any atom is -0.435 e. The molecule has 0 fully saturated rings. The summed E-state index contributed by atoms with van der Waals surface area (Å²) in [5.41, 5.74) is 2.65. The Kier molecular flexibility index (Phi) is 8.84. The van der Waals surface area contributed by atoms with Gasteiger partial charge in [0.1, 0.15) is 11.5 Å². The van der Waals surface area contributed by atoms with Gasteiger partial charge in [-0.15, -0.1) is 0 Å². The maximum atomic E-state index is 12.4. The van der Waals surface area contributed by atoms with E-state index < -0.39 is 13.2 Å². The Bertz CT molecular complexity index is 559. The predicted molar refractivity (Wildman–Crippen MR) is 85.9 cm³/mol. The fourth-order valence-corrected chi connectivity index (χ4v) is 1.73. The molecule has 2 N–H and O–H groups in total. The van der Waals surface area contributed by atoms with E-state index >= 15 is 0 Å². The molecule has 0 aromatic heterocycles. The van der Waals surface area contributed by atoms with E-state index in [1.807, 2.05) is 6.92 Å². The van der Waals surface area contributed by atoms with Gasteiger partial charge in [0.2, 0.25) is 0 Å². The van der Waals surface area contributed by atoms with Crippen LogP contribution in [0.2, 0.25) is 0 Å². The third-order valence-electron chi connectivity index (χ3n) is 2.61. The van der Waals surface area contributed by atoms with Crippen molar-refractivity contribution in [3.05, 3.63) is 23.8 Å². The SMILES string of the molecule is CCCCNC(=S)N/N=C\c1ccc(OC(F)F)cc1OC(F)F. The zero-order valence-electron chi connectivity index (χ0n) is 12.8. The van der Waals surface area contributed by atoms with Crippen molar-refractivity contribution in [1.82, 2.24) is 10.7 Å². The number of nitrogens with zero attached hydrogens (tertiary/aromatic N) is 1. The molecule has 0 spiro atoms. The van der Waals surface area contributed by atoms with Crippen molar-refractivity contribution in [2.75, 3.05) is 6.54 Å². The maximum absolute atomic E-state index is 12.4. The highest BCUT2D eigenvalue weighted by molar-refractivity contribution is 7.80. The van der Waals surface area contributed by atoms with Gasteiger partial charge in [-0.2, -0.15) is 22.7 Å². The maximum Gasteiger partial charge on any atom is 0.387 e. The van der Waals surface area contributed by atoms with E-state index in [-0.39, 0.29) is 22.2 Å². The molecule has 1 aromatic carbocycles. The summed E-state index contributed by atoms with van der Waals surface area (Å²) < 4.78 is 57.6. The molecule has 5 nitrogen and oxygen atoms in total. The van der Waals surface area contributed by atoms with Crippen LogP contribution in [0.25, 0.3) is 0 Å². The lowest BCUT2D eigenvalue weighted by Crippen LogP contribution is -2.32. The fourth-order valence-electron chi connectivity index (χ4n) is 1.57. The van der Waals surface area contributed by atoms with Crippen LogP contribution in [0, 0.1) is 0 Å². The molecule has 0 aliphatic rings. The van der Waals surface area contributed by atoms with E-state index in [1.54, 1.807) is 0 Å². The Morgan fingerprint density at radius 1 is 1.25 bits per heavy atom. The van der Waals surface area contributed by atoms with Crippen LogP contribution in [0.5, 0.6) is 11.5 Å². The predicted octanol–water partition coefficient (Wildman–Crippen LogP) is 3.49. The van der Waals surface area contributed by atoms with Gasteiger partial charge in [-0.25, -0.2) is 0 Å². The lowest BCUT2D eigenvalue weighted by Gasteiger charge is -2.11. The molecule has 0 radical (unpaired) electrons. The molecule has 0 saturated carbocycles. The van der Waals surface area contributed by atoms with Gasteiger partial charge in [0.25, 0.3) is 0 Å². The van der Waals surface area contributed by atoms with E-state index in [9.17, 15) is 17.6 Å². The summed E-state index contributed by atoms with van der Waals surface area (Å²) in [6, 6.07) is 3.37. The van der Waals surface area contributed by atoms with E-state index in [2.05, 4.69) is 25.3 Å². The quantitative estimate of drug-likeness (QED) is 0.230. The second-order valence-electron chi connectivity index (χ2n) is 4.44. The Morgan fingerprint density at radius 3 is 2.58 bits per heavy atom. The highest BCUT2D eigenvalue weighted by atomic mass is 32.1. The van der Waals surface area contributed by atoms with Crippen molar-refractivity contribution in [2.45, 2.75) is 33.0 Å². The lowest BCUT2D eigenvalue weighted by molar-refractivity contribution is -0.0543. The number of hydrogen-bond donors (Lipinski definition) is 2. The van der Waals surface area contributed by atoms with Crippen molar-refractivity contribution in [3.63, 3.8) is 0 Å². The number of alkyl halides is 4. The van der Waals surface area contributed by atoms with Crippen molar-refractivity contribution in [1.29, 1.82) is 0 Å². The van der Waals surface area contributed by atoms with Gasteiger partial charge < -0.3 is 14.8 Å². The van der Waals surface area contributed by atoms with Crippen molar-refractivity contribution < 1.29 is 27.0 Å². The minimum atomic E-state index is -3.12. The van der Waals surface area contributed by atoms with E-state index in [4.69, 9.17) is 12.2 Å². The minimum absolute atomic E-state index is 0.140. The number of thiocarbonyl (C=S) groups is 1. The number of unbranched alkanes of at least 4 members (excludes halogenated alkanes) is 1. The third-order valence-corrected chi connectivity index (χ3v) is 2.85. The van der Waals surface area contributed by atoms with Crippen molar-refractivity contribution >= 4 is 23.5 Å². The average molecular weight is 367 g/mol. The van der Waals surface area contributed by atoms with E-state index in [0.717, 1.165) is 18.9 Å². The average Bonchev–Trinajstić information content (AvgIpc) is 2.48. The number of nitrogens with one attached hydrogen (secondary N) is 2. The number of ether oxygens (including phenoxy) is 2. The molecule has 1 rings (SSSR count). The Labute approximate surface area is 142 Å². The van der Waals surface area contributed by atoms with E-state index in [1.165, 1.54) is 18.3 Å². The topological polar surface area (TPSA) is 54.9 Å². The second-order valence-corrected chi connectivity index (χ2v) is 4.84. The van der Waals surface area contributed by atoms with Crippen LogP contribution in [-0.2, 0) is 0 Å². The van der Waals surface area contributed by atoms with Crippen LogP contribution in [0.15, 0.2) is 23.3 Å². The highest BCUT2D eigenvalue weighted by Crippen LogP contribution is 2.26. The highest BCUT2D eigenvalue weighted by Gasteiger charge is 2.12. The first-order valence-corrected chi connectivity index (χ1v) is 7.43. The summed E-state index contributed by atoms with van der Waals surface area (Å²) in [7, 11) is 0. The monoisotopic (exact) mass is 367 g/mol. The summed E-state index contributed by atoms with van der Waals surface area (Å²) >= 11 is 4.96. The Balaban J connectivity index is 2.74. The normalized spacial score (nSPS) is 11.1. The number of halogens is 4. The van der Waals surface area contributed by atoms with Gasteiger partial charge in [0.15, 0.2) is 5.11 Å². The number of rotatable bonds is 9. The molecular weight excluding hydrogens is 350 g/mol. The lowest BCUT2D eigenvalue weighted by atomic mass is 10.2. The largest absolute Gasteiger partial charge is 0.435 e. The Hall–Kier alpha value is -2.10. The number of hydrazone groups is 1. The Morgan fingerprint density at radius 2 is 1.96 bits per heavy atom. The summed E-state index contributed by atoms with van der Waals surface area (Å²) in [4.78, 5) is 0. The van der Waals surface area contributed by atoms with Crippen LogP contribution in [0.3, 0.4) is 0 Å². The summed E-state index contributed by atoms with van der Waals surface area (Å²) in [6.45, 7) is -3.49. The molecule has 24 heavy (non-hydrogen) atoms. The molecule has 0 bridgehead atoms. The van der Waals surface area contributed by atoms with Gasteiger partial charge in [-0.05, 0) is 30.8 Å². The van der Waals surface area contributed by atoms with Crippen LogP contribution < -0.4 is 20.2 Å². The van der Waals surface area contributed by atoms with Crippen LogP contribution in [0.1, 0.15) is 25.3 Å². The van der Waals surface area contributed by atoms with Crippen molar-refractivity contribution in [2.24, 2.45) is 5.10 Å². The van der Waals surface area contributed by atoms with Crippen LogP contribution >= 0.6 is 12.2 Å². The molecule has 134 valence electrons. The summed E-state index contributed by atoms with van der Waals surface area (Å²) in [5.74, 6) is -0.652. The zero-order valence-corrected chi connectivity index (χ0v) is 13.6. The molecular formula is C14H17F4N3O2S. The first kappa shape index (κ1) is 19.9. The molecule has 10 heteroatoms. The fraction of sp³-hybridized carbons (Fsp3) is 0.429. The number of hydrogen-bond acceptors (Lipinski definition) is 4.